The van der Waals surface area contributed by atoms with E-state index < -0.39 is 0 Å². The quantitative estimate of drug-likeness (QED) is 0.912. The molecule has 0 bridgehead atoms. The molecule has 1 saturated carbocycles. The number of halogens is 1. The Bertz CT molecular complexity index is 477. The molecule has 0 amide bonds. The molecule has 0 unspecified atom stereocenters. The van der Waals surface area contributed by atoms with Crippen molar-refractivity contribution in [2.45, 2.75) is 31.2 Å². The second-order valence-corrected chi connectivity index (χ2v) is 5.21. The SMILES string of the molecule is Cl.NC1(c2nc(-c3cccs3)no2)CCCC1. The van der Waals surface area contributed by atoms with Crippen molar-refractivity contribution in [3.05, 3.63) is 23.4 Å². The van der Waals surface area contributed by atoms with Gasteiger partial charge in [0.2, 0.25) is 11.7 Å². The lowest BCUT2D eigenvalue weighted by Crippen LogP contribution is -2.33. The van der Waals surface area contributed by atoms with Gasteiger partial charge in [-0.05, 0) is 24.3 Å². The summed E-state index contributed by atoms with van der Waals surface area (Å²) in [6, 6.07) is 3.96. The molecular weight excluding hydrogens is 258 g/mol. The molecule has 1 aliphatic carbocycles. The van der Waals surface area contributed by atoms with Gasteiger partial charge in [0.05, 0.1) is 10.4 Å². The van der Waals surface area contributed by atoms with E-state index in [4.69, 9.17) is 10.3 Å². The molecule has 6 heteroatoms. The Balaban J connectivity index is 0.00000108. The van der Waals surface area contributed by atoms with Crippen molar-refractivity contribution in [3.63, 3.8) is 0 Å². The summed E-state index contributed by atoms with van der Waals surface area (Å²) < 4.78 is 5.30. The third kappa shape index (κ3) is 2.22. The molecule has 17 heavy (non-hydrogen) atoms. The minimum absolute atomic E-state index is 0. The fraction of sp³-hybridized carbons (Fsp3) is 0.455. The fourth-order valence-electron chi connectivity index (χ4n) is 2.15. The van der Waals surface area contributed by atoms with Crippen LogP contribution in [0.15, 0.2) is 22.0 Å². The summed E-state index contributed by atoms with van der Waals surface area (Å²) in [5.41, 5.74) is 5.87. The van der Waals surface area contributed by atoms with Crippen molar-refractivity contribution in [3.8, 4) is 10.7 Å². The van der Waals surface area contributed by atoms with Crippen molar-refractivity contribution in [2.24, 2.45) is 5.73 Å². The van der Waals surface area contributed by atoms with Crippen molar-refractivity contribution >= 4 is 23.7 Å². The summed E-state index contributed by atoms with van der Waals surface area (Å²) in [6.07, 6.45) is 4.18. The Morgan fingerprint density at radius 1 is 1.35 bits per heavy atom. The average Bonchev–Trinajstić information content (AvgIpc) is 2.98. The molecule has 1 aliphatic rings. The molecule has 0 aromatic carbocycles. The molecule has 92 valence electrons. The maximum absolute atomic E-state index is 6.25. The molecule has 3 rings (SSSR count). The zero-order chi connectivity index (χ0) is 11.0. The lowest BCUT2D eigenvalue weighted by atomic mass is 9.99. The van der Waals surface area contributed by atoms with E-state index in [1.54, 1.807) is 11.3 Å². The largest absolute Gasteiger partial charge is 0.337 e. The van der Waals surface area contributed by atoms with Crippen LogP contribution < -0.4 is 5.73 Å². The number of hydrogen-bond donors (Lipinski definition) is 1. The summed E-state index contributed by atoms with van der Waals surface area (Å²) in [4.78, 5) is 5.44. The van der Waals surface area contributed by atoms with Crippen LogP contribution in [0.4, 0.5) is 0 Å². The van der Waals surface area contributed by atoms with E-state index >= 15 is 0 Å². The highest BCUT2D eigenvalue weighted by Crippen LogP contribution is 2.36. The summed E-state index contributed by atoms with van der Waals surface area (Å²) >= 11 is 1.60. The molecule has 4 nitrogen and oxygen atoms in total. The highest BCUT2D eigenvalue weighted by atomic mass is 35.5. The maximum atomic E-state index is 6.25. The van der Waals surface area contributed by atoms with Crippen LogP contribution in [0.3, 0.4) is 0 Å². The normalized spacial score (nSPS) is 17.9. The lowest BCUT2D eigenvalue weighted by Gasteiger charge is -2.17. The van der Waals surface area contributed by atoms with Gasteiger partial charge in [-0.25, -0.2) is 0 Å². The first-order chi connectivity index (χ1) is 7.78. The monoisotopic (exact) mass is 271 g/mol. The minimum atomic E-state index is -0.386. The first-order valence-electron chi connectivity index (χ1n) is 5.45. The van der Waals surface area contributed by atoms with E-state index in [1.165, 1.54) is 0 Å². The van der Waals surface area contributed by atoms with Gasteiger partial charge in [-0.15, -0.1) is 23.7 Å². The van der Waals surface area contributed by atoms with Gasteiger partial charge in [-0.2, -0.15) is 4.98 Å². The van der Waals surface area contributed by atoms with Gasteiger partial charge in [0.1, 0.15) is 0 Å². The smallest absolute Gasteiger partial charge is 0.247 e. The lowest BCUT2D eigenvalue weighted by molar-refractivity contribution is 0.285. The van der Waals surface area contributed by atoms with Crippen LogP contribution in [0, 0.1) is 0 Å². The number of rotatable bonds is 2. The molecule has 2 aromatic rings. The highest BCUT2D eigenvalue weighted by molar-refractivity contribution is 7.13. The first-order valence-corrected chi connectivity index (χ1v) is 6.33. The van der Waals surface area contributed by atoms with Crippen LogP contribution in [0.5, 0.6) is 0 Å². The van der Waals surface area contributed by atoms with Gasteiger partial charge in [-0.3, -0.25) is 0 Å². The predicted molar refractivity (Wildman–Crippen MR) is 69.2 cm³/mol. The second kappa shape index (κ2) is 4.76. The number of hydrogen-bond acceptors (Lipinski definition) is 5. The zero-order valence-electron chi connectivity index (χ0n) is 9.26. The Labute approximate surface area is 110 Å². The van der Waals surface area contributed by atoms with Gasteiger partial charge in [-0.1, -0.05) is 24.1 Å². The number of thiophene rings is 1. The van der Waals surface area contributed by atoms with E-state index in [0.29, 0.717) is 11.7 Å². The van der Waals surface area contributed by atoms with Crippen LogP contribution in [0.1, 0.15) is 31.6 Å². The molecule has 0 saturated heterocycles. The maximum Gasteiger partial charge on any atom is 0.247 e. The molecule has 2 aromatic heterocycles. The van der Waals surface area contributed by atoms with Crippen molar-refractivity contribution in [2.75, 3.05) is 0 Å². The average molecular weight is 272 g/mol. The topological polar surface area (TPSA) is 64.9 Å². The van der Waals surface area contributed by atoms with Crippen LogP contribution in [-0.4, -0.2) is 10.1 Å². The third-order valence-electron chi connectivity index (χ3n) is 3.09. The summed E-state index contributed by atoms with van der Waals surface area (Å²) in [5, 5.41) is 5.99. The van der Waals surface area contributed by atoms with Crippen LogP contribution in [-0.2, 0) is 5.54 Å². The predicted octanol–water partition coefficient (Wildman–Crippen LogP) is 2.95. The molecule has 0 aliphatic heterocycles. The summed E-state index contributed by atoms with van der Waals surface area (Å²) in [7, 11) is 0. The molecule has 1 fully saturated rings. The standard InChI is InChI=1S/C11H13N3OS.ClH/c12-11(5-1-2-6-11)10-13-9(14-15-10)8-4-3-7-16-8;/h3-4,7H,1-2,5-6,12H2;1H. The molecule has 2 N–H and O–H groups in total. The Morgan fingerprint density at radius 2 is 2.12 bits per heavy atom. The minimum Gasteiger partial charge on any atom is -0.337 e. The van der Waals surface area contributed by atoms with Crippen molar-refractivity contribution in [1.29, 1.82) is 0 Å². The van der Waals surface area contributed by atoms with E-state index in [-0.39, 0.29) is 17.9 Å². The van der Waals surface area contributed by atoms with Gasteiger partial charge in [0, 0.05) is 0 Å². The fourth-order valence-corrected chi connectivity index (χ4v) is 2.80. The van der Waals surface area contributed by atoms with Gasteiger partial charge < -0.3 is 10.3 Å². The number of nitrogens with zero attached hydrogens (tertiary/aromatic N) is 2. The molecular formula is C11H14ClN3OS. The Kier molecular flexibility index (Phi) is 3.51. The first kappa shape index (κ1) is 12.5. The van der Waals surface area contributed by atoms with E-state index in [2.05, 4.69) is 10.1 Å². The molecule has 0 radical (unpaired) electrons. The van der Waals surface area contributed by atoms with E-state index in [9.17, 15) is 0 Å². The zero-order valence-corrected chi connectivity index (χ0v) is 10.9. The summed E-state index contributed by atoms with van der Waals surface area (Å²) in [5.74, 6) is 1.25. The highest BCUT2D eigenvalue weighted by Gasteiger charge is 2.36. The van der Waals surface area contributed by atoms with Crippen molar-refractivity contribution < 1.29 is 4.52 Å². The van der Waals surface area contributed by atoms with E-state index in [1.807, 2.05) is 17.5 Å². The second-order valence-electron chi connectivity index (χ2n) is 4.26. The van der Waals surface area contributed by atoms with Crippen LogP contribution in [0.2, 0.25) is 0 Å². The van der Waals surface area contributed by atoms with Crippen molar-refractivity contribution in [1.82, 2.24) is 10.1 Å². The number of nitrogens with two attached hydrogens (primary N) is 1. The third-order valence-corrected chi connectivity index (χ3v) is 3.96. The van der Waals surface area contributed by atoms with Crippen LogP contribution in [0.25, 0.3) is 10.7 Å². The van der Waals surface area contributed by atoms with Gasteiger partial charge >= 0.3 is 0 Å². The van der Waals surface area contributed by atoms with Crippen LogP contribution >= 0.6 is 23.7 Å². The van der Waals surface area contributed by atoms with Gasteiger partial charge in [0.15, 0.2) is 0 Å². The van der Waals surface area contributed by atoms with Gasteiger partial charge in [0.25, 0.3) is 0 Å². The molecule has 0 atom stereocenters. The van der Waals surface area contributed by atoms with E-state index in [0.717, 1.165) is 30.6 Å². The molecule has 2 heterocycles. The summed E-state index contributed by atoms with van der Waals surface area (Å²) in [6.45, 7) is 0. The molecule has 0 spiro atoms. The number of aromatic nitrogens is 2. The Hall–Kier alpha value is -0.910. The Morgan fingerprint density at radius 3 is 2.76 bits per heavy atom.